The van der Waals surface area contributed by atoms with Gasteiger partial charge >= 0.3 is 0 Å². The van der Waals surface area contributed by atoms with E-state index < -0.39 is 0 Å². The molecule has 1 aromatic heterocycles. The fraction of sp³-hybridized carbons (Fsp3) is 0.526. The van der Waals surface area contributed by atoms with Gasteiger partial charge in [-0.2, -0.15) is 0 Å². The second kappa shape index (κ2) is 6.45. The van der Waals surface area contributed by atoms with Gasteiger partial charge in [0.1, 0.15) is 5.82 Å². The third-order valence-corrected chi connectivity index (χ3v) is 6.50. The first kappa shape index (κ1) is 16.0. The van der Waals surface area contributed by atoms with Gasteiger partial charge in [0.2, 0.25) is 0 Å². The number of rotatable bonds is 3. The Morgan fingerprint density at radius 3 is 2.50 bits per heavy atom. The van der Waals surface area contributed by atoms with Crippen molar-refractivity contribution in [2.75, 3.05) is 38.1 Å². The van der Waals surface area contributed by atoms with Crippen molar-refractivity contribution < 1.29 is 4.39 Å². The summed E-state index contributed by atoms with van der Waals surface area (Å²) >= 11 is 1.72. The molecule has 0 spiro atoms. The van der Waals surface area contributed by atoms with Gasteiger partial charge in [-0.05, 0) is 31.5 Å². The summed E-state index contributed by atoms with van der Waals surface area (Å²) in [4.78, 5) is 9.71. The van der Waals surface area contributed by atoms with Crippen molar-refractivity contribution in [3.63, 3.8) is 0 Å². The van der Waals surface area contributed by atoms with E-state index in [1.165, 1.54) is 0 Å². The summed E-state index contributed by atoms with van der Waals surface area (Å²) in [5, 5.41) is 3.27. The van der Waals surface area contributed by atoms with Gasteiger partial charge < -0.3 is 9.80 Å². The van der Waals surface area contributed by atoms with E-state index in [9.17, 15) is 4.39 Å². The van der Waals surface area contributed by atoms with Gasteiger partial charge in [0.15, 0.2) is 5.13 Å². The Labute approximate surface area is 147 Å². The number of nitrogens with zero attached hydrogens (tertiary/aromatic N) is 3. The number of aromatic nitrogens is 1. The molecule has 2 aromatic rings. The van der Waals surface area contributed by atoms with Crippen LogP contribution in [0.2, 0.25) is 0 Å². The van der Waals surface area contributed by atoms with Gasteiger partial charge in [0.05, 0.1) is 5.69 Å². The highest BCUT2D eigenvalue weighted by Gasteiger charge is 2.41. The number of benzene rings is 1. The fourth-order valence-electron chi connectivity index (χ4n) is 4.12. The van der Waals surface area contributed by atoms with Crippen molar-refractivity contribution in [1.82, 2.24) is 9.88 Å². The van der Waals surface area contributed by atoms with E-state index in [4.69, 9.17) is 4.98 Å². The maximum absolute atomic E-state index is 14.5. The lowest BCUT2D eigenvalue weighted by Gasteiger charge is -2.32. The quantitative estimate of drug-likeness (QED) is 0.841. The van der Waals surface area contributed by atoms with Crippen LogP contribution in [0.25, 0.3) is 0 Å². The number of piperazine rings is 1. The van der Waals surface area contributed by atoms with Crippen molar-refractivity contribution >= 4 is 16.5 Å². The molecule has 3 nitrogen and oxygen atoms in total. The summed E-state index contributed by atoms with van der Waals surface area (Å²) in [5.41, 5.74) is 1.67. The molecule has 0 amide bonds. The number of halogens is 1. The van der Waals surface area contributed by atoms with Crippen LogP contribution in [-0.4, -0.2) is 43.1 Å². The second-order valence-corrected chi connectivity index (χ2v) is 7.91. The van der Waals surface area contributed by atoms with Crippen LogP contribution in [0.15, 0.2) is 29.6 Å². The SMILES string of the molecule is CN1CCN(c2nc(C3(c4ccccc4F)CCCC3)cs2)CC1. The highest BCUT2D eigenvalue weighted by atomic mass is 32.1. The predicted molar refractivity (Wildman–Crippen MR) is 97.5 cm³/mol. The Bertz CT molecular complexity index is 700. The van der Waals surface area contributed by atoms with Gasteiger partial charge in [-0.25, -0.2) is 9.37 Å². The number of hydrogen-bond acceptors (Lipinski definition) is 4. The molecule has 0 N–H and O–H groups in total. The van der Waals surface area contributed by atoms with Gasteiger partial charge in [-0.15, -0.1) is 11.3 Å². The summed E-state index contributed by atoms with van der Waals surface area (Å²) in [7, 11) is 2.16. The van der Waals surface area contributed by atoms with Crippen LogP contribution in [0.1, 0.15) is 36.9 Å². The Morgan fingerprint density at radius 2 is 1.79 bits per heavy atom. The number of hydrogen-bond donors (Lipinski definition) is 0. The molecular formula is C19H24FN3S. The predicted octanol–water partition coefficient (Wildman–Crippen LogP) is 3.89. The number of likely N-dealkylation sites (N-methyl/N-ethyl adjacent to an activating group) is 1. The van der Waals surface area contributed by atoms with Crippen molar-refractivity contribution in [3.05, 3.63) is 46.7 Å². The summed E-state index contributed by atoms with van der Waals surface area (Å²) in [5.74, 6) is -0.0893. The molecule has 1 saturated heterocycles. The summed E-state index contributed by atoms with van der Waals surface area (Å²) in [6.07, 6.45) is 4.30. The van der Waals surface area contributed by atoms with Crippen LogP contribution in [-0.2, 0) is 5.41 Å². The minimum absolute atomic E-state index is 0.0893. The number of thiazole rings is 1. The highest BCUT2D eigenvalue weighted by Crippen LogP contribution is 2.48. The number of anilines is 1. The van der Waals surface area contributed by atoms with E-state index >= 15 is 0 Å². The molecule has 2 fully saturated rings. The van der Waals surface area contributed by atoms with Crippen LogP contribution in [0, 0.1) is 5.82 Å². The van der Waals surface area contributed by atoms with Gasteiger partial charge in [0, 0.05) is 37.0 Å². The lowest BCUT2D eigenvalue weighted by Crippen LogP contribution is -2.44. The van der Waals surface area contributed by atoms with Crippen molar-refractivity contribution in [3.8, 4) is 0 Å². The van der Waals surface area contributed by atoms with E-state index in [1.54, 1.807) is 23.5 Å². The topological polar surface area (TPSA) is 19.4 Å². The first-order chi connectivity index (χ1) is 11.7. The normalized spacial score (nSPS) is 21.3. The average molecular weight is 345 g/mol. The van der Waals surface area contributed by atoms with Gasteiger partial charge in [0.25, 0.3) is 0 Å². The molecule has 24 heavy (non-hydrogen) atoms. The van der Waals surface area contributed by atoms with E-state index in [-0.39, 0.29) is 11.2 Å². The molecule has 4 rings (SSSR count). The third kappa shape index (κ3) is 2.74. The minimum atomic E-state index is -0.229. The zero-order valence-electron chi connectivity index (χ0n) is 14.2. The van der Waals surface area contributed by atoms with Gasteiger partial charge in [-0.1, -0.05) is 31.0 Å². The molecule has 2 aliphatic rings. The first-order valence-electron chi connectivity index (χ1n) is 8.83. The average Bonchev–Trinajstić information content (AvgIpc) is 3.26. The van der Waals surface area contributed by atoms with Crippen molar-refractivity contribution in [1.29, 1.82) is 0 Å². The molecule has 1 saturated carbocycles. The fourth-order valence-corrected chi connectivity index (χ4v) is 5.10. The molecule has 0 atom stereocenters. The minimum Gasteiger partial charge on any atom is -0.346 e. The van der Waals surface area contributed by atoms with Crippen LogP contribution in [0.5, 0.6) is 0 Å². The molecule has 128 valence electrons. The highest BCUT2D eigenvalue weighted by molar-refractivity contribution is 7.13. The summed E-state index contributed by atoms with van der Waals surface area (Å²) in [6, 6.07) is 7.27. The monoisotopic (exact) mass is 345 g/mol. The van der Waals surface area contributed by atoms with E-state index in [0.29, 0.717) is 0 Å². The first-order valence-corrected chi connectivity index (χ1v) is 9.71. The van der Waals surface area contributed by atoms with Crippen LogP contribution < -0.4 is 4.90 Å². The molecule has 0 bridgehead atoms. The van der Waals surface area contributed by atoms with Crippen LogP contribution >= 0.6 is 11.3 Å². The van der Waals surface area contributed by atoms with E-state index in [0.717, 1.165) is 68.3 Å². The molecule has 0 radical (unpaired) electrons. The molecule has 2 heterocycles. The zero-order valence-corrected chi connectivity index (χ0v) is 15.0. The zero-order chi connectivity index (χ0) is 16.6. The Kier molecular flexibility index (Phi) is 4.31. The Morgan fingerprint density at radius 1 is 1.08 bits per heavy atom. The van der Waals surface area contributed by atoms with E-state index in [1.807, 2.05) is 12.1 Å². The largest absolute Gasteiger partial charge is 0.346 e. The lowest BCUT2D eigenvalue weighted by molar-refractivity contribution is 0.312. The lowest BCUT2D eigenvalue weighted by atomic mass is 9.76. The molecule has 1 aromatic carbocycles. The van der Waals surface area contributed by atoms with E-state index in [2.05, 4.69) is 22.2 Å². The summed E-state index contributed by atoms with van der Waals surface area (Å²) in [6.45, 7) is 4.20. The Hall–Kier alpha value is -1.46. The maximum atomic E-state index is 14.5. The second-order valence-electron chi connectivity index (χ2n) is 7.07. The smallest absolute Gasteiger partial charge is 0.185 e. The standard InChI is InChI=1S/C19H24FN3S/c1-22-10-12-23(13-11-22)18-21-17(14-24-18)19(8-4-5-9-19)15-6-2-3-7-16(15)20/h2-3,6-7,14H,4-5,8-13H2,1H3. The Balaban J connectivity index is 1.67. The molecule has 5 heteroatoms. The van der Waals surface area contributed by atoms with Crippen LogP contribution in [0.4, 0.5) is 9.52 Å². The molecule has 1 aliphatic carbocycles. The van der Waals surface area contributed by atoms with Crippen molar-refractivity contribution in [2.24, 2.45) is 0 Å². The summed E-state index contributed by atoms with van der Waals surface area (Å²) < 4.78 is 14.5. The van der Waals surface area contributed by atoms with Crippen LogP contribution in [0.3, 0.4) is 0 Å². The molecule has 1 aliphatic heterocycles. The van der Waals surface area contributed by atoms with Crippen molar-refractivity contribution in [2.45, 2.75) is 31.1 Å². The van der Waals surface area contributed by atoms with Gasteiger partial charge in [-0.3, -0.25) is 0 Å². The maximum Gasteiger partial charge on any atom is 0.185 e. The molecular weight excluding hydrogens is 321 g/mol. The third-order valence-electron chi connectivity index (χ3n) is 5.60. The molecule has 0 unspecified atom stereocenters.